The van der Waals surface area contributed by atoms with E-state index in [0.29, 0.717) is 5.02 Å². The van der Waals surface area contributed by atoms with Gasteiger partial charge in [-0.1, -0.05) is 11.6 Å². The predicted molar refractivity (Wildman–Crippen MR) is 112 cm³/mol. The van der Waals surface area contributed by atoms with Gasteiger partial charge in [0.1, 0.15) is 24.2 Å². The van der Waals surface area contributed by atoms with Gasteiger partial charge in [-0.2, -0.15) is 5.10 Å². The molecule has 0 saturated carbocycles. The second-order valence-electron chi connectivity index (χ2n) is 6.43. The van der Waals surface area contributed by atoms with Crippen LogP contribution in [0.4, 0.5) is 11.4 Å². The van der Waals surface area contributed by atoms with Crippen LogP contribution in [0.5, 0.6) is 5.75 Å². The van der Waals surface area contributed by atoms with Gasteiger partial charge < -0.3 is 10.1 Å². The summed E-state index contributed by atoms with van der Waals surface area (Å²) < 4.78 is 32.3. The highest BCUT2D eigenvalue weighted by molar-refractivity contribution is 7.91. The Balaban J connectivity index is 1.88. The molecule has 2 aromatic carbocycles. The van der Waals surface area contributed by atoms with E-state index in [9.17, 15) is 23.3 Å². The molecule has 0 aliphatic rings. The molecule has 1 aromatic heterocycles. The number of carbonyl (C=O) groups is 1. The smallest absolute Gasteiger partial charge is 0.309 e. The van der Waals surface area contributed by atoms with Crippen LogP contribution >= 0.6 is 11.6 Å². The Morgan fingerprint density at radius 1 is 1.23 bits per heavy atom. The minimum atomic E-state index is -3.90. The third kappa shape index (κ3) is 4.84. The molecule has 1 N–H and O–H groups in total. The van der Waals surface area contributed by atoms with Crippen molar-refractivity contribution in [3.63, 3.8) is 0 Å². The number of rotatable bonds is 7. The predicted octanol–water partition coefficient (Wildman–Crippen LogP) is 3.23. The highest BCUT2D eigenvalue weighted by Crippen LogP contribution is 2.29. The molecule has 3 aromatic rings. The largest absolute Gasteiger partial charge is 0.497 e. The van der Waals surface area contributed by atoms with E-state index in [1.54, 1.807) is 0 Å². The Labute approximate surface area is 182 Å². The van der Waals surface area contributed by atoms with Crippen LogP contribution in [0.25, 0.3) is 0 Å². The molecule has 0 saturated heterocycles. The number of carbonyl (C=O) groups excluding carboxylic acids is 1. The van der Waals surface area contributed by atoms with Crippen LogP contribution in [0.3, 0.4) is 0 Å². The summed E-state index contributed by atoms with van der Waals surface area (Å²) in [5.74, 6) is -0.333. The van der Waals surface area contributed by atoms with Crippen molar-refractivity contribution in [2.75, 3.05) is 12.4 Å². The molecule has 162 valence electrons. The average molecular weight is 465 g/mol. The molecular formula is C19H17ClN4O6S. The van der Waals surface area contributed by atoms with E-state index in [2.05, 4.69) is 10.4 Å². The van der Waals surface area contributed by atoms with Crippen molar-refractivity contribution in [2.24, 2.45) is 0 Å². The number of hydrogen-bond donors (Lipinski definition) is 1. The van der Waals surface area contributed by atoms with Gasteiger partial charge in [-0.05, 0) is 43.3 Å². The van der Waals surface area contributed by atoms with Gasteiger partial charge in [0.05, 0.1) is 21.8 Å². The fraction of sp³-hybridized carbons (Fsp3) is 0.158. The zero-order valence-corrected chi connectivity index (χ0v) is 18.0. The van der Waals surface area contributed by atoms with Crippen LogP contribution in [0.2, 0.25) is 5.02 Å². The Morgan fingerprint density at radius 3 is 2.48 bits per heavy atom. The summed E-state index contributed by atoms with van der Waals surface area (Å²) in [5.41, 5.74) is 0.193. The van der Waals surface area contributed by atoms with Crippen molar-refractivity contribution in [3.05, 3.63) is 69.5 Å². The quantitative estimate of drug-likeness (QED) is 0.419. The van der Waals surface area contributed by atoms with Crippen molar-refractivity contribution >= 4 is 38.7 Å². The number of nitrogens with zero attached hydrogens (tertiary/aromatic N) is 3. The number of halogens is 1. The Hall–Kier alpha value is -3.44. The van der Waals surface area contributed by atoms with Crippen LogP contribution in [0.15, 0.2) is 58.5 Å². The second kappa shape index (κ2) is 8.74. The van der Waals surface area contributed by atoms with E-state index in [4.69, 9.17) is 16.3 Å². The number of sulfone groups is 1. The third-order valence-electron chi connectivity index (χ3n) is 4.40. The lowest BCUT2D eigenvalue weighted by molar-refractivity contribution is -0.385. The summed E-state index contributed by atoms with van der Waals surface area (Å²) in [7, 11) is -2.53. The molecule has 3 rings (SSSR count). The molecule has 0 radical (unpaired) electrons. The number of nitro groups is 1. The standard InChI is InChI=1S/C19H17ClN4O6S/c1-12-18(24(26)27)10-21-23(12)11-19(25)22-14-7-15(30-2)9-17(8-14)31(28,29)16-5-3-13(20)4-6-16/h3-10H,11H2,1-2H3,(H,22,25). The van der Waals surface area contributed by atoms with E-state index < -0.39 is 20.7 Å². The average Bonchev–Trinajstić information content (AvgIpc) is 3.08. The Morgan fingerprint density at radius 2 is 1.90 bits per heavy atom. The first-order valence-corrected chi connectivity index (χ1v) is 10.6. The minimum absolute atomic E-state index is 0.0295. The molecular weight excluding hydrogens is 448 g/mol. The topological polar surface area (TPSA) is 133 Å². The van der Waals surface area contributed by atoms with Gasteiger partial charge in [0.15, 0.2) is 0 Å². The van der Waals surface area contributed by atoms with Gasteiger partial charge in [-0.15, -0.1) is 0 Å². The summed E-state index contributed by atoms with van der Waals surface area (Å²) in [6.07, 6.45) is 1.06. The fourth-order valence-corrected chi connectivity index (χ4v) is 4.22. The first kappa shape index (κ1) is 22.2. The molecule has 0 spiro atoms. The second-order valence-corrected chi connectivity index (χ2v) is 8.82. The van der Waals surface area contributed by atoms with E-state index in [0.717, 1.165) is 6.20 Å². The normalized spacial score (nSPS) is 11.2. The Bertz CT molecular complexity index is 1250. The molecule has 0 unspecified atom stereocenters. The molecule has 0 aliphatic carbocycles. The maximum atomic E-state index is 13.0. The Kier molecular flexibility index (Phi) is 6.27. The van der Waals surface area contributed by atoms with Crippen LogP contribution in [0, 0.1) is 17.0 Å². The van der Waals surface area contributed by atoms with Crippen molar-refractivity contribution in [1.29, 1.82) is 0 Å². The number of hydrogen-bond acceptors (Lipinski definition) is 7. The van der Waals surface area contributed by atoms with Gasteiger partial charge in [-0.3, -0.25) is 19.6 Å². The zero-order valence-electron chi connectivity index (χ0n) is 16.4. The fourth-order valence-electron chi connectivity index (χ4n) is 2.78. The van der Waals surface area contributed by atoms with Crippen molar-refractivity contribution in [1.82, 2.24) is 9.78 Å². The molecule has 0 fully saturated rings. The monoisotopic (exact) mass is 464 g/mol. The van der Waals surface area contributed by atoms with Gasteiger partial charge in [0.25, 0.3) is 0 Å². The number of nitrogens with one attached hydrogen (secondary N) is 1. The maximum absolute atomic E-state index is 13.0. The van der Waals surface area contributed by atoms with Gasteiger partial charge in [0.2, 0.25) is 15.7 Å². The number of benzene rings is 2. The van der Waals surface area contributed by atoms with E-state index in [1.165, 1.54) is 61.2 Å². The number of amides is 1. The summed E-state index contributed by atoms with van der Waals surface area (Å²) in [5, 5.41) is 17.7. The lowest BCUT2D eigenvalue weighted by Crippen LogP contribution is -2.20. The first-order valence-electron chi connectivity index (χ1n) is 8.78. The summed E-state index contributed by atoms with van der Waals surface area (Å²) in [6.45, 7) is 1.18. The molecule has 0 atom stereocenters. The van der Waals surface area contributed by atoms with E-state index in [-0.39, 0.29) is 39.2 Å². The summed E-state index contributed by atoms with van der Waals surface area (Å²) in [4.78, 5) is 22.7. The van der Waals surface area contributed by atoms with E-state index in [1.807, 2.05) is 0 Å². The lowest BCUT2D eigenvalue weighted by Gasteiger charge is -2.12. The van der Waals surface area contributed by atoms with Gasteiger partial charge in [-0.25, -0.2) is 8.42 Å². The first-order chi connectivity index (χ1) is 14.6. The minimum Gasteiger partial charge on any atom is -0.497 e. The maximum Gasteiger partial charge on any atom is 0.309 e. The molecule has 1 amide bonds. The van der Waals surface area contributed by atoms with Crippen LogP contribution < -0.4 is 10.1 Å². The van der Waals surface area contributed by atoms with Crippen molar-refractivity contribution < 1.29 is 22.9 Å². The van der Waals surface area contributed by atoms with Crippen LogP contribution in [-0.4, -0.2) is 36.1 Å². The van der Waals surface area contributed by atoms with Gasteiger partial charge in [0, 0.05) is 16.8 Å². The molecule has 31 heavy (non-hydrogen) atoms. The third-order valence-corrected chi connectivity index (χ3v) is 6.40. The number of ether oxygens (including phenoxy) is 1. The molecule has 1 heterocycles. The number of methoxy groups -OCH3 is 1. The van der Waals surface area contributed by atoms with Crippen LogP contribution in [0.1, 0.15) is 5.69 Å². The highest BCUT2D eigenvalue weighted by atomic mass is 35.5. The van der Waals surface area contributed by atoms with Crippen LogP contribution in [-0.2, 0) is 21.2 Å². The SMILES string of the molecule is COc1cc(NC(=O)Cn2ncc([N+](=O)[O-])c2C)cc(S(=O)(=O)c2ccc(Cl)cc2)c1. The lowest BCUT2D eigenvalue weighted by atomic mass is 10.3. The summed E-state index contributed by atoms with van der Waals surface area (Å²) in [6, 6.07) is 9.76. The number of anilines is 1. The van der Waals surface area contributed by atoms with Crippen molar-refractivity contribution in [3.8, 4) is 5.75 Å². The molecule has 10 nitrogen and oxygen atoms in total. The molecule has 0 aliphatic heterocycles. The molecule has 0 bridgehead atoms. The number of aromatic nitrogens is 2. The summed E-state index contributed by atoms with van der Waals surface area (Å²) >= 11 is 5.83. The zero-order chi connectivity index (χ0) is 22.8. The highest BCUT2D eigenvalue weighted by Gasteiger charge is 2.21. The molecule has 12 heteroatoms. The van der Waals surface area contributed by atoms with E-state index >= 15 is 0 Å². The van der Waals surface area contributed by atoms with Gasteiger partial charge >= 0.3 is 5.69 Å². The van der Waals surface area contributed by atoms with Crippen molar-refractivity contribution in [2.45, 2.75) is 23.3 Å².